The second-order valence-corrected chi connectivity index (χ2v) is 5.63. The van der Waals surface area contributed by atoms with Crippen molar-refractivity contribution in [2.45, 2.75) is 91.9 Å². The van der Waals surface area contributed by atoms with Gasteiger partial charge >= 0.3 is 0 Å². The van der Waals surface area contributed by atoms with Crippen LogP contribution in [0.25, 0.3) is 0 Å². The number of hydrogen-bond acceptors (Lipinski definition) is 0. The van der Waals surface area contributed by atoms with E-state index in [0.717, 1.165) is 11.8 Å². The Kier molecular flexibility index (Phi) is 11.5. The van der Waals surface area contributed by atoms with Gasteiger partial charge in [0.25, 0.3) is 0 Å². The molecule has 0 aliphatic heterocycles. The maximum Gasteiger partial charge on any atom is -0.0412 e. The van der Waals surface area contributed by atoms with Crippen molar-refractivity contribution in [3.8, 4) is 0 Å². The normalized spacial score (nSPS) is 15.0. The fourth-order valence-corrected chi connectivity index (χ4v) is 2.71. The molecule has 0 aliphatic rings. The highest BCUT2D eigenvalue weighted by atomic mass is 14.2. The molecule has 0 aromatic heterocycles. The lowest BCUT2D eigenvalue weighted by Crippen LogP contribution is -2.07. The zero-order valence-electron chi connectivity index (χ0n) is 12.2. The van der Waals surface area contributed by atoms with Crippen molar-refractivity contribution in [1.29, 1.82) is 0 Å². The van der Waals surface area contributed by atoms with Gasteiger partial charge in [-0.3, -0.25) is 0 Å². The van der Waals surface area contributed by atoms with Crippen LogP contribution in [0.4, 0.5) is 0 Å². The Hall–Kier alpha value is 0. The summed E-state index contributed by atoms with van der Waals surface area (Å²) in [6, 6.07) is 0. The molecule has 0 nitrogen and oxygen atoms in total. The van der Waals surface area contributed by atoms with Crippen molar-refractivity contribution in [3.63, 3.8) is 0 Å². The predicted octanol–water partition coefficient (Wildman–Crippen LogP) is 6.20. The minimum absolute atomic E-state index is 0.957. The lowest BCUT2D eigenvalue weighted by Gasteiger charge is -2.20. The summed E-state index contributed by atoms with van der Waals surface area (Å²) >= 11 is 0. The molecule has 0 aromatic rings. The molecule has 0 saturated carbocycles. The lowest BCUT2D eigenvalue weighted by molar-refractivity contribution is 0.322. The molecule has 0 aromatic carbocycles. The van der Waals surface area contributed by atoms with Gasteiger partial charge in [-0.05, 0) is 18.3 Å². The van der Waals surface area contributed by atoms with Crippen LogP contribution in [0.3, 0.4) is 0 Å². The van der Waals surface area contributed by atoms with E-state index >= 15 is 0 Å². The minimum Gasteiger partial charge on any atom is -0.0654 e. The molecule has 0 heterocycles. The molecule has 16 heavy (non-hydrogen) atoms. The smallest absolute Gasteiger partial charge is 0.0412 e. The monoisotopic (exact) mass is 226 g/mol. The third kappa shape index (κ3) is 9.24. The van der Waals surface area contributed by atoms with E-state index in [1.54, 1.807) is 0 Å². The first-order valence-corrected chi connectivity index (χ1v) is 7.74. The molecule has 2 unspecified atom stereocenters. The summed E-state index contributed by atoms with van der Waals surface area (Å²) in [5, 5.41) is 0. The number of rotatable bonds is 11. The van der Waals surface area contributed by atoms with Crippen LogP contribution in [0, 0.1) is 11.8 Å². The molecule has 0 heteroatoms. The Labute approximate surface area is 104 Å². The Morgan fingerprint density at radius 1 is 0.688 bits per heavy atom. The third-order valence-corrected chi connectivity index (χ3v) is 3.70. The summed E-state index contributed by atoms with van der Waals surface area (Å²) in [5.41, 5.74) is 0. The summed E-state index contributed by atoms with van der Waals surface area (Å²) in [6.45, 7) is 9.40. The second kappa shape index (κ2) is 11.5. The van der Waals surface area contributed by atoms with Gasteiger partial charge in [-0.1, -0.05) is 85.5 Å². The van der Waals surface area contributed by atoms with E-state index in [9.17, 15) is 0 Å². The average Bonchev–Trinajstić information content (AvgIpc) is 2.27. The molecule has 0 saturated heterocycles. The van der Waals surface area contributed by atoms with Gasteiger partial charge in [-0.15, -0.1) is 0 Å². The van der Waals surface area contributed by atoms with Crippen LogP contribution >= 0.6 is 0 Å². The van der Waals surface area contributed by atoms with Gasteiger partial charge in [0.1, 0.15) is 0 Å². The molecule has 0 fully saturated rings. The number of hydrogen-bond donors (Lipinski definition) is 0. The van der Waals surface area contributed by atoms with Crippen LogP contribution in [0.15, 0.2) is 0 Å². The van der Waals surface area contributed by atoms with Gasteiger partial charge in [0.05, 0.1) is 0 Å². The van der Waals surface area contributed by atoms with E-state index < -0.39 is 0 Å². The van der Waals surface area contributed by atoms with Crippen LogP contribution in [0.1, 0.15) is 91.9 Å². The SMILES string of the molecule is CCCCCC(CCC)CC(C)CCCC. The Morgan fingerprint density at radius 3 is 1.94 bits per heavy atom. The zero-order valence-corrected chi connectivity index (χ0v) is 12.2. The maximum atomic E-state index is 2.46. The Morgan fingerprint density at radius 2 is 1.38 bits per heavy atom. The lowest BCUT2D eigenvalue weighted by atomic mass is 9.86. The Balaban J connectivity index is 3.72. The molecular formula is C16H34. The molecular weight excluding hydrogens is 192 g/mol. The fraction of sp³-hybridized carbons (Fsp3) is 1.00. The third-order valence-electron chi connectivity index (χ3n) is 3.70. The molecule has 0 amide bonds. The van der Waals surface area contributed by atoms with Crippen molar-refractivity contribution in [2.24, 2.45) is 11.8 Å². The van der Waals surface area contributed by atoms with Crippen molar-refractivity contribution >= 4 is 0 Å². The second-order valence-electron chi connectivity index (χ2n) is 5.63. The van der Waals surface area contributed by atoms with Crippen molar-refractivity contribution in [2.75, 3.05) is 0 Å². The van der Waals surface area contributed by atoms with Crippen LogP contribution in [0.2, 0.25) is 0 Å². The van der Waals surface area contributed by atoms with Crippen LogP contribution < -0.4 is 0 Å². The average molecular weight is 226 g/mol. The summed E-state index contributed by atoms with van der Waals surface area (Å²) in [6.07, 6.45) is 14.3. The van der Waals surface area contributed by atoms with E-state index in [-0.39, 0.29) is 0 Å². The van der Waals surface area contributed by atoms with E-state index in [0.29, 0.717) is 0 Å². The number of unbranched alkanes of at least 4 members (excludes halogenated alkanes) is 3. The fourth-order valence-electron chi connectivity index (χ4n) is 2.71. The highest BCUT2D eigenvalue weighted by Crippen LogP contribution is 2.25. The molecule has 0 spiro atoms. The topological polar surface area (TPSA) is 0 Å². The zero-order chi connectivity index (χ0) is 12.2. The van der Waals surface area contributed by atoms with Crippen LogP contribution in [-0.4, -0.2) is 0 Å². The molecule has 0 radical (unpaired) electrons. The van der Waals surface area contributed by atoms with E-state index in [1.807, 2.05) is 0 Å². The summed E-state index contributed by atoms with van der Waals surface area (Å²) in [4.78, 5) is 0. The molecule has 98 valence electrons. The summed E-state index contributed by atoms with van der Waals surface area (Å²) < 4.78 is 0. The molecule has 2 atom stereocenters. The minimum atomic E-state index is 0.957. The first-order chi connectivity index (χ1) is 7.74. The quantitative estimate of drug-likeness (QED) is 0.368. The van der Waals surface area contributed by atoms with E-state index in [4.69, 9.17) is 0 Å². The summed E-state index contributed by atoms with van der Waals surface area (Å²) in [7, 11) is 0. The van der Waals surface area contributed by atoms with Gasteiger partial charge < -0.3 is 0 Å². The van der Waals surface area contributed by atoms with Crippen LogP contribution in [-0.2, 0) is 0 Å². The first kappa shape index (κ1) is 16.0. The van der Waals surface area contributed by atoms with Crippen molar-refractivity contribution in [3.05, 3.63) is 0 Å². The standard InChI is InChI=1S/C16H34/c1-5-8-10-13-16(11-7-3)14-15(4)12-9-6-2/h15-16H,5-14H2,1-4H3. The van der Waals surface area contributed by atoms with Gasteiger partial charge in [-0.25, -0.2) is 0 Å². The highest BCUT2D eigenvalue weighted by Gasteiger charge is 2.11. The van der Waals surface area contributed by atoms with E-state index in [2.05, 4.69) is 27.7 Å². The Bertz CT molecular complexity index is 128. The predicted molar refractivity (Wildman–Crippen MR) is 75.8 cm³/mol. The molecule has 0 N–H and O–H groups in total. The molecule has 0 bridgehead atoms. The highest BCUT2D eigenvalue weighted by molar-refractivity contribution is 4.64. The van der Waals surface area contributed by atoms with Gasteiger partial charge in [0.15, 0.2) is 0 Å². The van der Waals surface area contributed by atoms with Gasteiger partial charge in [-0.2, -0.15) is 0 Å². The molecule has 0 aliphatic carbocycles. The van der Waals surface area contributed by atoms with E-state index in [1.165, 1.54) is 64.2 Å². The molecule has 0 rings (SSSR count). The van der Waals surface area contributed by atoms with Crippen molar-refractivity contribution in [1.82, 2.24) is 0 Å². The van der Waals surface area contributed by atoms with Crippen LogP contribution in [0.5, 0.6) is 0 Å². The first-order valence-electron chi connectivity index (χ1n) is 7.74. The largest absolute Gasteiger partial charge is 0.0654 e. The van der Waals surface area contributed by atoms with Gasteiger partial charge in [0, 0.05) is 0 Å². The maximum absolute atomic E-state index is 2.46. The van der Waals surface area contributed by atoms with Gasteiger partial charge in [0.2, 0.25) is 0 Å². The van der Waals surface area contributed by atoms with Crippen molar-refractivity contribution < 1.29 is 0 Å². The summed E-state index contributed by atoms with van der Waals surface area (Å²) in [5.74, 6) is 1.97.